The van der Waals surface area contributed by atoms with Gasteiger partial charge in [-0.1, -0.05) is 6.92 Å². The Kier molecular flexibility index (Phi) is 2.62. The summed E-state index contributed by atoms with van der Waals surface area (Å²) in [5.74, 6) is -0.841. The highest BCUT2D eigenvalue weighted by Gasteiger charge is 2.21. The number of hydrogen-bond acceptors (Lipinski definition) is 1. The molecule has 94 valence electrons. The van der Waals surface area contributed by atoms with Crippen LogP contribution in [0.5, 0.6) is 0 Å². The van der Waals surface area contributed by atoms with Crippen LogP contribution in [-0.2, 0) is 19.4 Å². The fourth-order valence-electron chi connectivity index (χ4n) is 3.09. The van der Waals surface area contributed by atoms with Gasteiger partial charge in [0.1, 0.15) is 0 Å². The van der Waals surface area contributed by atoms with E-state index < -0.39 is 5.97 Å². The minimum absolute atomic E-state index is 0.394. The zero-order valence-corrected chi connectivity index (χ0v) is 10.6. The summed E-state index contributed by atoms with van der Waals surface area (Å²) in [5, 5.41) is 10.2. The molecule has 18 heavy (non-hydrogen) atoms. The maximum Gasteiger partial charge on any atom is 0.335 e. The van der Waals surface area contributed by atoms with Gasteiger partial charge in [-0.15, -0.1) is 0 Å². The number of aromatic nitrogens is 1. The predicted molar refractivity (Wildman–Crippen MR) is 71.2 cm³/mol. The number of benzene rings is 1. The van der Waals surface area contributed by atoms with Crippen molar-refractivity contribution < 1.29 is 9.90 Å². The molecular weight excluding hydrogens is 226 g/mol. The van der Waals surface area contributed by atoms with E-state index in [-0.39, 0.29) is 0 Å². The first kappa shape index (κ1) is 11.3. The molecule has 0 saturated carbocycles. The number of nitrogens with zero attached hydrogens (tertiary/aromatic N) is 1. The second-order valence-corrected chi connectivity index (χ2v) is 4.97. The third-order valence-corrected chi connectivity index (χ3v) is 3.82. The number of hydrogen-bond donors (Lipinski definition) is 1. The van der Waals surface area contributed by atoms with Crippen LogP contribution in [0.2, 0.25) is 0 Å². The molecule has 3 rings (SSSR count). The van der Waals surface area contributed by atoms with Gasteiger partial charge in [0.05, 0.1) is 5.56 Å². The summed E-state index contributed by atoms with van der Waals surface area (Å²) < 4.78 is 2.38. The standard InChI is InChI=1S/C15H17NO2/c1-2-8-16-13-5-3-4-11(13)12-9-10(15(17)18)6-7-14(12)16/h6-7,9H,2-5,8H2,1H3,(H,17,18). The predicted octanol–water partition coefficient (Wildman–Crippen LogP) is 3.24. The van der Waals surface area contributed by atoms with Crippen molar-refractivity contribution in [1.82, 2.24) is 4.57 Å². The number of aryl methyl sites for hydroxylation is 2. The lowest BCUT2D eigenvalue weighted by Crippen LogP contribution is -2.01. The topological polar surface area (TPSA) is 42.2 Å². The van der Waals surface area contributed by atoms with Crippen LogP contribution < -0.4 is 0 Å². The van der Waals surface area contributed by atoms with Crippen LogP contribution in [0.25, 0.3) is 10.9 Å². The molecule has 1 N–H and O–H groups in total. The van der Waals surface area contributed by atoms with E-state index in [1.165, 1.54) is 23.2 Å². The van der Waals surface area contributed by atoms with Crippen LogP contribution in [0.4, 0.5) is 0 Å². The molecule has 0 unspecified atom stereocenters. The highest BCUT2D eigenvalue weighted by atomic mass is 16.4. The van der Waals surface area contributed by atoms with Crippen molar-refractivity contribution in [2.75, 3.05) is 0 Å². The molecule has 0 aliphatic heterocycles. The maximum absolute atomic E-state index is 11.1. The Hall–Kier alpha value is -1.77. The van der Waals surface area contributed by atoms with Gasteiger partial charge in [0.25, 0.3) is 0 Å². The van der Waals surface area contributed by atoms with Crippen molar-refractivity contribution in [2.45, 2.75) is 39.2 Å². The molecule has 3 heteroatoms. The van der Waals surface area contributed by atoms with Crippen LogP contribution in [0.3, 0.4) is 0 Å². The van der Waals surface area contributed by atoms with E-state index in [1.54, 1.807) is 6.07 Å². The van der Waals surface area contributed by atoms with Crippen LogP contribution >= 0.6 is 0 Å². The minimum Gasteiger partial charge on any atom is -0.478 e. The first-order valence-corrected chi connectivity index (χ1v) is 6.59. The Morgan fingerprint density at radius 2 is 2.22 bits per heavy atom. The molecule has 1 aliphatic carbocycles. The van der Waals surface area contributed by atoms with E-state index in [9.17, 15) is 4.79 Å². The van der Waals surface area contributed by atoms with Crippen molar-refractivity contribution in [3.63, 3.8) is 0 Å². The average molecular weight is 243 g/mol. The van der Waals surface area contributed by atoms with Crippen LogP contribution in [0, 0.1) is 0 Å². The third kappa shape index (κ3) is 1.54. The molecule has 0 radical (unpaired) electrons. The summed E-state index contributed by atoms with van der Waals surface area (Å²) in [4.78, 5) is 11.1. The largest absolute Gasteiger partial charge is 0.478 e. The van der Waals surface area contributed by atoms with Crippen LogP contribution in [0.15, 0.2) is 18.2 Å². The second kappa shape index (κ2) is 4.16. The lowest BCUT2D eigenvalue weighted by Gasteiger charge is -2.07. The summed E-state index contributed by atoms with van der Waals surface area (Å²) in [7, 11) is 0. The highest BCUT2D eigenvalue weighted by molar-refractivity contribution is 5.95. The summed E-state index contributed by atoms with van der Waals surface area (Å²) in [5.41, 5.74) is 4.40. The highest BCUT2D eigenvalue weighted by Crippen LogP contribution is 2.33. The lowest BCUT2D eigenvalue weighted by atomic mass is 10.1. The molecule has 0 amide bonds. The number of carboxylic acid groups (broad SMARTS) is 1. The normalized spacial score (nSPS) is 14.1. The van der Waals surface area contributed by atoms with Gasteiger partial charge in [0.15, 0.2) is 0 Å². The van der Waals surface area contributed by atoms with Gasteiger partial charge in [0, 0.05) is 23.1 Å². The van der Waals surface area contributed by atoms with Crippen LogP contribution in [0.1, 0.15) is 41.4 Å². The Morgan fingerprint density at radius 1 is 1.39 bits per heavy atom. The molecule has 0 spiro atoms. The van der Waals surface area contributed by atoms with Gasteiger partial charge in [-0.2, -0.15) is 0 Å². The van der Waals surface area contributed by atoms with E-state index in [0.29, 0.717) is 5.56 Å². The number of carboxylic acids is 1. The molecular formula is C15H17NO2. The smallest absolute Gasteiger partial charge is 0.335 e. The van der Waals surface area contributed by atoms with Crippen molar-refractivity contribution in [3.8, 4) is 0 Å². The SMILES string of the molecule is CCCn1c2c(c3cc(C(=O)O)ccc31)CCC2. The Morgan fingerprint density at radius 3 is 2.94 bits per heavy atom. The molecule has 0 fully saturated rings. The molecule has 1 heterocycles. The van der Waals surface area contributed by atoms with E-state index in [2.05, 4.69) is 11.5 Å². The monoisotopic (exact) mass is 243 g/mol. The van der Waals surface area contributed by atoms with E-state index in [4.69, 9.17) is 5.11 Å². The molecule has 1 aromatic heterocycles. The molecule has 3 nitrogen and oxygen atoms in total. The fraction of sp³-hybridized carbons (Fsp3) is 0.400. The number of rotatable bonds is 3. The van der Waals surface area contributed by atoms with Crippen molar-refractivity contribution >= 4 is 16.9 Å². The van der Waals surface area contributed by atoms with Gasteiger partial charge >= 0.3 is 5.97 Å². The van der Waals surface area contributed by atoms with Gasteiger partial charge in [0.2, 0.25) is 0 Å². The quantitative estimate of drug-likeness (QED) is 0.899. The maximum atomic E-state index is 11.1. The Labute approximate surface area is 106 Å². The van der Waals surface area contributed by atoms with Gasteiger partial charge in [-0.05, 0) is 49.4 Å². The Balaban J connectivity index is 2.27. The zero-order valence-electron chi connectivity index (χ0n) is 10.6. The van der Waals surface area contributed by atoms with E-state index in [0.717, 1.165) is 31.2 Å². The molecule has 2 aromatic rings. The first-order chi connectivity index (χ1) is 8.72. The van der Waals surface area contributed by atoms with E-state index in [1.807, 2.05) is 12.1 Å². The van der Waals surface area contributed by atoms with Crippen LogP contribution in [-0.4, -0.2) is 15.6 Å². The molecule has 1 aromatic carbocycles. The van der Waals surface area contributed by atoms with Crippen molar-refractivity contribution in [1.29, 1.82) is 0 Å². The molecule has 0 bridgehead atoms. The van der Waals surface area contributed by atoms with Crippen molar-refractivity contribution in [2.24, 2.45) is 0 Å². The summed E-state index contributed by atoms with van der Waals surface area (Å²) in [6.45, 7) is 3.21. The summed E-state index contributed by atoms with van der Waals surface area (Å²) in [6, 6.07) is 5.52. The zero-order chi connectivity index (χ0) is 12.7. The van der Waals surface area contributed by atoms with Gasteiger partial charge in [-0.3, -0.25) is 0 Å². The van der Waals surface area contributed by atoms with Gasteiger partial charge in [-0.25, -0.2) is 4.79 Å². The minimum atomic E-state index is -0.841. The summed E-state index contributed by atoms with van der Waals surface area (Å²) in [6.07, 6.45) is 4.52. The third-order valence-electron chi connectivity index (χ3n) is 3.82. The molecule has 0 saturated heterocycles. The molecule has 0 atom stereocenters. The first-order valence-electron chi connectivity index (χ1n) is 6.59. The molecule has 1 aliphatic rings. The Bertz CT molecular complexity index is 625. The lowest BCUT2D eigenvalue weighted by molar-refractivity contribution is 0.0697. The van der Waals surface area contributed by atoms with Gasteiger partial charge < -0.3 is 9.67 Å². The number of fused-ring (bicyclic) bond motifs is 3. The van der Waals surface area contributed by atoms with E-state index >= 15 is 0 Å². The van der Waals surface area contributed by atoms with Crippen molar-refractivity contribution in [3.05, 3.63) is 35.0 Å². The fourth-order valence-corrected chi connectivity index (χ4v) is 3.09. The average Bonchev–Trinajstić information content (AvgIpc) is 2.92. The number of aromatic carboxylic acids is 1. The number of carbonyl (C=O) groups is 1. The summed E-state index contributed by atoms with van der Waals surface area (Å²) >= 11 is 0. The second-order valence-electron chi connectivity index (χ2n) is 4.97.